The monoisotopic (exact) mass is 699 g/mol. The van der Waals surface area contributed by atoms with Crippen LogP contribution in [0, 0.1) is 6.92 Å². The molecular weight excluding hydrogens is 656 g/mol. The van der Waals surface area contributed by atoms with E-state index in [9.17, 15) is 0 Å². The summed E-state index contributed by atoms with van der Waals surface area (Å²) in [7, 11) is -2.05. The van der Waals surface area contributed by atoms with Gasteiger partial charge in [0.25, 0.3) is 0 Å². The van der Waals surface area contributed by atoms with E-state index < -0.39 is 12.6 Å². The van der Waals surface area contributed by atoms with E-state index in [0.717, 1.165) is 23.3 Å². The molecule has 1 aromatic heterocycles. The quantitative estimate of drug-likeness (QED) is 0.0935. The minimum atomic E-state index is -2.90. The van der Waals surface area contributed by atoms with Gasteiger partial charge in [0.2, 0.25) is 0 Å². The fourth-order valence-electron chi connectivity index (χ4n) is 5.10. The van der Waals surface area contributed by atoms with E-state index in [4.69, 9.17) is 9.41 Å². The summed E-state index contributed by atoms with van der Waals surface area (Å²) in [5.41, 5.74) is 2.29. The third-order valence-corrected chi connectivity index (χ3v) is 25.4. The molecule has 0 unspecified atom stereocenters. The first-order chi connectivity index (χ1) is 18.8. The first-order valence-corrected chi connectivity index (χ1v) is 23.0. The second-order valence-electron chi connectivity index (χ2n) is 12.2. The number of benzene rings is 3. The van der Waals surface area contributed by atoms with E-state index in [1.54, 1.807) is 11.3 Å². The normalized spacial score (nSPS) is 14.9. The molecule has 0 bridgehead atoms. The SMILES string of the molecule is C/C(=C\c1csc(C)n1)[C@H](CCP(I)(c1ccccc1)(c1ccccc1)c1ccccc1)O[Si](C)(C)C(C)(C)C. The summed E-state index contributed by atoms with van der Waals surface area (Å²) in [4.78, 5) is 4.75. The number of thiazole rings is 1. The van der Waals surface area contributed by atoms with Crippen LogP contribution in [0.15, 0.2) is 102 Å². The zero-order chi connectivity index (χ0) is 29.0. The molecule has 1 atom stereocenters. The molecule has 212 valence electrons. The standard InChI is InChI=1S/C34H43INOPSSi/c1-27(25-29-26-39-28(2)36-29)33(37-40(6,7)34(3,4)5)23-24-38(35,30-17-11-8-12-18-30,31-19-13-9-14-20-31)32-21-15-10-16-22-32/h8-22,25-26,33H,23-24H2,1-7H3/b27-25+/t33-/m0/s1. The Balaban J connectivity index is 1.88. The summed E-state index contributed by atoms with van der Waals surface area (Å²) in [6.07, 6.45) is 4.19. The zero-order valence-electron chi connectivity index (χ0n) is 24.9. The van der Waals surface area contributed by atoms with Crippen molar-refractivity contribution < 1.29 is 4.43 Å². The molecule has 0 fully saturated rings. The summed E-state index contributed by atoms with van der Waals surface area (Å²) in [5, 5.41) is 7.60. The maximum absolute atomic E-state index is 7.26. The third-order valence-electron chi connectivity index (χ3n) is 8.46. The number of hydrogen-bond donors (Lipinski definition) is 0. The molecule has 2 nitrogen and oxygen atoms in total. The first kappa shape index (κ1) is 31.3. The average molecular weight is 700 g/mol. The Labute approximate surface area is 259 Å². The van der Waals surface area contributed by atoms with Gasteiger partial charge in [0.1, 0.15) is 0 Å². The Bertz CT molecular complexity index is 1330. The summed E-state index contributed by atoms with van der Waals surface area (Å²) in [6, 6.07) is 33.6. The van der Waals surface area contributed by atoms with Crippen LogP contribution in [0.5, 0.6) is 0 Å². The molecule has 0 aliphatic carbocycles. The molecule has 0 radical (unpaired) electrons. The van der Waals surface area contributed by atoms with E-state index in [2.05, 4.69) is 172 Å². The fraction of sp³-hybridized carbons (Fsp3) is 0.324. The second-order valence-corrected chi connectivity index (χ2v) is 28.8. The Morgan fingerprint density at radius 2 is 1.35 bits per heavy atom. The van der Waals surface area contributed by atoms with E-state index in [1.165, 1.54) is 21.5 Å². The van der Waals surface area contributed by atoms with Crippen LogP contribution in [0.3, 0.4) is 0 Å². The molecule has 6 heteroatoms. The molecule has 4 rings (SSSR count). The van der Waals surface area contributed by atoms with Crippen LogP contribution in [0.25, 0.3) is 6.08 Å². The van der Waals surface area contributed by atoms with Crippen molar-refractivity contribution in [1.82, 2.24) is 4.98 Å². The molecular formula is C34H43INOPSSi. The van der Waals surface area contributed by atoms with Gasteiger partial charge in [-0.25, -0.2) is 0 Å². The Kier molecular flexibility index (Phi) is 9.63. The van der Waals surface area contributed by atoms with Crippen LogP contribution in [0.1, 0.15) is 44.8 Å². The maximum atomic E-state index is 7.26. The van der Waals surface area contributed by atoms with Gasteiger partial charge in [-0.2, -0.15) is 0 Å². The topological polar surface area (TPSA) is 22.1 Å². The number of rotatable bonds is 10. The third kappa shape index (κ3) is 6.39. The van der Waals surface area contributed by atoms with Gasteiger partial charge in [-0.05, 0) is 0 Å². The Hall–Kier alpha value is -1.63. The van der Waals surface area contributed by atoms with Gasteiger partial charge < -0.3 is 0 Å². The molecule has 0 saturated carbocycles. The van der Waals surface area contributed by atoms with Crippen LogP contribution in [0.2, 0.25) is 18.1 Å². The number of nitrogens with zero attached hydrogens (tertiary/aromatic N) is 1. The summed E-state index contributed by atoms with van der Waals surface area (Å²) < 4.78 is 4.35. The number of aryl methyl sites for hydroxylation is 1. The molecule has 0 aliphatic rings. The van der Waals surface area contributed by atoms with E-state index >= 15 is 0 Å². The van der Waals surface area contributed by atoms with Crippen molar-refractivity contribution in [2.45, 2.75) is 65.3 Å². The average Bonchev–Trinajstić information content (AvgIpc) is 3.36. The zero-order valence-corrected chi connectivity index (χ0v) is 29.8. The Morgan fingerprint density at radius 1 is 0.900 bits per heavy atom. The van der Waals surface area contributed by atoms with Crippen molar-refractivity contribution in [1.29, 1.82) is 0 Å². The predicted octanol–water partition coefficient (Wildman–Crippen LogP) is 9.52. The predicted molar refractivity (Wildman–Crippen MR) is 191 cm³/mol. The molecule has 0 aliphatic heterocycles. The molecule has 4 aromatic rings. The van der Waals surface area contributed by atoms with Gasteiger partial charge in [-0.3, -0.25) is 0 Å². The molecule has 3 aromatic carbocycles. The van der Waals surface area contributed by atoms with Crippen molar-refractivity contribution in [3.63, 3.8) is 0 Å². The molecule has 0 N–H and O–H groups in total. The minimum absolute atomic E-state index is 0.00954. The van der Waals surface area contributed by atoms with Crippen molar-refractivity contribution >= 4 is 67.9 Å². The van der Waals surface area contributed by atoms with Gasteiger partial charge in [0.15, 0.2) is 0 Å². The Morgan fingerprint density at radius 3 is 1.73 bits per heavy atom. The fourth-order valence-corrected chi connectivity index (χ4v) is 15.5. The van der Waals surface area contributed by atoms with Gasteiger partial charge in [0.05, 0.1) is 0 Å². The van der Waals surface area contributed by atoms with Crippen molar-refractivity contribution in [3.8, 4) is 0 Å². The van der Waals surface area contributed by atoms with Crippen LogP contribution in [0.4, 0.5) is 0 Å². The second kappa shape index (κ2) is 12.3. The molecule has 1 heterocycles. The molecule has 0 saturated heterocycles. The summed E-state index contributed by atoms with van der Waals surface area (Å²) in [5.74, 6) is 0. The van der Waals surface area contributed by atoms with Crippen molar-refractivity contribution in [2.24, 2.45) is 0 Å². The van der Waals surface area contributed by atoms with Crippen LogP contribution in [-0.4, -0.2) is 25.6 Å². The van der Waals surface area contributed by atoms with Gasteiger partial charge in [-0.1, -0.05) is 0 Å². The number of hydrogen-bond acceptors (Lipinski definition) is 3. The number of aromatic nitrogens is 1. The van der Waals surface area contributed by atoms with Crippen LogP contribution >= 0.6 is 37.6 Å². The van der Waals surface area contributed by atoms with E-state index in [-0.39, 0.29) is 11.1 Å². The first-order valence-electron chi connectivity index (χ1n) is 14.0. The summed E-state index contributed by atoms with van der Waals surface area (Å²) >= 11 is 4.60. The van der Waals surface area contributed by atoms with E-state index in [1.807, 2.05) is 0 Å². The van der Waals surface area contributed by atoms with Crippen molar-refractivity contribution in [3.05, 3.63) is 113 Å². The van der Waals surface area contributed by atoms with Crippen LogP contribution in [-0.2, 0) is 4.43 Å². The van der Waals surface area contributed by atoms with Crippen LogP contribution < -0.4 is 15.9 Å². The molecule has 0 spiro atoms. The summed E-state index contributed by atoms with van der Waals surface area (Å²) in [6.45, 7) is 16.0. The van der Waals surface area contributed by atoms with Gasteiger partial charge in [-0.15, -0.1) is 0 Å². The van der Waals surface area contributed by atoms with E-state index in [0.29, 0.717) is 0 Å². The molecule has 0 amide bonds. The van der Waals surface area contributed by atoms with Gasteiger partial charge in [0, 0.05) is 0 Å². The molecule has 40 heavy (non-hydrogen) atoms. The van der Waals surface area contributed by atoms with Crippen molar-refractivity contribution in [2.75, 3.05) is 6.16 Å². The van der Waals surface area contributed by atoms with Gasteiger partial charge >= 0.3 is 261 Å². The number of halogens is 1.